The first-order chi connectivity index (χ1) is 17.8. The molecule has 1 aliphatic carbocycles. The summed E-state index contributed by atoms with van der Waals surface area (Å²) >= 11 is 0. The number of amides is 1. The molecule has 4 rings (SSSR count). The highest BCUT2D eigenvalue weighted by Gasteiger charge is 2.26. The number of methoxy groups -OCH3 is 2. The van der Waals surface area contributed by atoms with Gasteiger partial charge in [-0.25, -0.2) is 9.48 Å². The Morgan fingerprint density at radius 3 is 2.35 bits per heavy atom. The Balaban J connectivity index is 1.82. The van der Waals surface area contributed by atoms with Gasteiger partial charge in [-0.3, -0.25) is 4.79 Å². The van der Waals surface area contributed by atoms with Crippen LogP contribution in [0.3, 0.4) is 0 Å². The standard InChI is InChI=1S/C28H34N4O5/c1-31(2)16-8-15-29-27(33)20-13-14-22(19-10-6-5-9-18(19)20)32-23(17-21(30-32)28(34)35)26-24(36-3)11-7-12-25(26)37-4/h7,11-14,17H,5-6,8-10,15-16H2,1-4H3,(H,29,33)(H,34,35). The fraction of sp³-hybridized carbons (Fsp3) is 0.393. The molecule has 0 bridgehead atoms. The van der Waals surface area contributed by atoms with Crippen molar-refractivity contribution in [3.05, 3.63) is 58.8 Å². The Hall–Kier alpha value is -3.85. The van der Waals surface area contributed by atoms with E-state index in [-0.39, 0.29) is 11.6 Å². The van der Waals surface area contributed by atoms with Crippen molar-refractivity contribution in [2.24, 2.45) is 0 Å². The maximum Gasteiger partial charge on any atom is 0.356 e. The van der Waals surface area contributed by atoms with E-state index < -0.39 is 5.97 Å². The van der Waals surface area contributed by atoms with Crippen molar-refractivity contribution < 1.29 is 24.2 Å². The molecule has 9 heteroatoms. The Labute approximate surface area is 217 Å². The molecule has 0 saturated heterocycles. The zero-order valence-electron chi connectivity index (χ0n) is 21.8. The number of carbonyl (C=O) groups is 2. The number of benzene rings is 2. The largest absolute Gasteiger partial charge is 0.496 e. The minimum atomic E-state index is -1.13. The summed E-state index contributed by atoms with van der Waals surface area (Å²) in [5, 5.41) is 17.3. The van der Waals surface area contributed by atoms with Gasteiger partial charge >= 0.3 is 5.97 Å². The zero-order valence-corrected chi connectivity index (χ0v) is 21.8. The molecule has 1 amide bonds. The third-order valence-corrected chi connectivity index (χ3v) is 6.66. The first-order valence-corrected chi connectivity index (χ1v) is 12.5. The molecule has 0 unspecified atom stereocenters. The molecule has 0 saturated carbocycles. The minimum Gasteiger partial charge on any atom is -0.496 e. The van der Waals surface area contributed by atoms with Gasteiger partial charge in [0.2, 0.25) is 0 Å². The monoisotopic (exact) mass is 506 g/mol. The van der Waals surface area contributed by atoms with Gasteiger partial charge < -0.3 is 24.8 Å². The number of nitrogens with one attached hydrogen (secondary N) is 1. The summed E-state index contributed by atoms with van der Waals surface area (Å²) in [6.07, 6.45) is 4.40. The average Bonchev–Trinajstić information content (AvgIpc) is 3.34. The number of carboxylic acid groups (broad SMARTS) is 1. The van der Waals surface area contributed by atoms with E-state index in [1.165, 1.54) is 6.07 Å². The summed E-state index contributed by atoms with van der Waals surface area (Å²) in [7, 11) is 7.14. The van der Waals surface area contributed by atoms with Crippen molar-refractivity contribution in [1.29, 1.82) is 0 Å². The van der Waals surface area contributed by atoms with Crippen LogP contribution in [0.1, 0.15) is 51.2 Å². The second kappa shape index (κ2) is 11.5. The summed E-state index contributed by atoms with van der Waals surface area (Å²) < 4.78 is 12.9. The third kappa shape index (κ3) is 5.46. The molecule has 0 aliphatic heterocycles. The highest BCUT2D eigenvalue weighted by atomic mass is 16.5. The van der Waals surface area contributed by atoms with E-state index in [4.69, 9.17) is 9.47 Å². The Morgan fingerprint density at radius 1 is 1.05 bits per heavy atom. The van der Waals surface area contributed by atoms with Gasteiger partial charge in [0.15, 0.2) is 5.69 Å². The van der Waals surface area contributed by atoms with Crippen LogP contribution in [0.2, 0.25) is 0 Å². The smallest absolute Gasteiger partial charge is 0.356 e. The molecule has 0 radical (unpaired) electrons. The molecule has 0 atom stereocenters. The first kappa shape index (κ1) is 26.2. The summed E-state index contributed by atoms with van der Waals surface area (Å²) in [4.78, 5) is 27.1. The number of carbonyl (C=O) groups excluding carboxylic acids is 1. The second-order valence-electron chi connectivity index (χ2n) is 9.38. The number of hydrogen-bond acceptors (Lipinski definition) is 6. The summed E-state index contributed by atoms with van der Waals surface area (Å²) in [6.45, 7) is 1.50. The van der Waals surface area contributed by atoms with Crippen molar-refractivity contribution in [2.45, 2.75) is 32.1 Å². The van der Waals surface area contributed by atoms with Crippen LogP contribution >= 0.6 is 0 Å². The molecule has 3 aromatic rings. The number of aromatic carboxylic acids is 1. The van der Waals surface area contributed by atoms with E-state index in [0.29, 0.717) is 34.9 Å². The highest BCUT2D eigenvalue weighted by molar-refractivity contribution is 5.96. The average molecular weight is 507 g/mol. The Kier molecular flexibility index (Phi) is 8.13. The SMILES string of the molecule is COc1cccc(OC)c1-c1cc(C(=O)O)nn1-c1ccc(C(=O)NCCCN(C)C)c2c1CCCC2. The van der Waals surface area contributed by atoms with Crippen LogP contribution < -0.4 is 14.8 Å². The van der Waals surface area contributed by atoms with Gasteiger partial charge in [0, 0.05) is 12.1 Å². The number of nitrogens with zero attached hydrogens (tertiary/aromatic N) is 3. The molecule has 196 valence electrons. The predicted molar refractivity (Wildman–Crippen MR) is 141 cm³/mol. The molecule has 0 fully saturated rings. The molecule has 0 spiro atoms. The minimum absolute atomic E-state index is 0.0817. The fourth-order valence-electron chi connectivity index (χ4n) is 4.90. The normalized spacial score (nSPS) is 12.8. The van der Waals surface area contributed by atoms with E-state index >= 15 is 0 Å². The number of fused-ring (bicyclic) bond motifs is 1. The summed E-state index contributed by atoms with van der Waals surface area (Å²) in [5.74, 6) is -0.127. The lowest BCUT2D eigenvalue weighted by Crippen LogP contribution is -2.29. The first-order valence-electron chi connectivity index (χ1n) is 12.5. The van der Waals surface area contributed by atoms with Gasteiger partial charge in [-0.05, 0) is 94.2 Å². The molecule has 1 aliphatic rings. The molecular formula is C28H34N4O5. The summed E-state index contributed by atoms with van der Waals surface area (Å²) in [6, 6.07) is 10.6. The van der Waals surface area contributed by atoms with Crippen LogP contribution in [0.5, 0.6) is 11.5 Å². The third-order valence-electron chi connectivity index (χ3n) is 6.66. The summed E-state index contributed by atoms with van der Waals surface area (Å²) in [5.41, 5.74) is 4.51. The Morgan fingerprint density at radius 2 is 1.73 bits per heavy atom. The van der Waals surface area contributed by atoms with Gasteiger partial charge in [0.1, 0.15) is 11.5 Å². The lowest BCUT2D eigenvalue weighted by Gasteiger charge is -2.24. The van der Waals surface area contributed by atoms with Gasteiger partial charge in [-0.1, -0.05) is 6.07 Å². The van der Waals surface area contributed by atoms with Crippen molar-refractivity contribution in [3.63, 3.8) is 0 Å². The highest BCUT2D eigenvalue weighted by Crippen LogP contribution is 2.41. The number of ether oxygens (including phenoxy) is 2. The van der Waals surface area contributed by atoms with E-state index in [1.807, 2.05) is 32.3 Å². The molecule has 2 N–H and O–H groups in total. The zero-order chi connectivity index (χ0) is 26.5. The van der Waals surface area contributed by atoms with Gasteiger partial charge in [0.05, 0.1) is 31.2 Å². The van der Waals surface area contributed by atoms with E-state index in [1.54, 1.807) is 31.0 Å². The number of hydrogen-bond donors (Lipinski definition) is 2. The van der Waals surface area contributed by atoms with Crippen LogP contribution in [0.25, 0.3) is 16.9 Å². The van der Waals surface area contributed by atoms with E-state index in [0.717, 1.165) is 55.5 Å². The predicted octanol–water partition coefficient (Wildman–Crippen LogP) is 3.82. The number of aromatic nitrogens is 2. The fourth-order valence-corrected chi connectivity index (χ4v) is 4.90. The van der Waals surface area contributed by atoms with Crippen LogP contribution in [0.15, 0.2) is 36.4 Å². The number of rotatable bonds is 10. The maximum atomic E-state index is 13.1. The van der Waals surface area contributed by atoms with E-state index in [2.05, 4.69) is 15.3 Å². The Bertz CT molecular complexity index is 1280. The molecule has 1 heterocycles. The maximum absolute atomic E-state index is 13.1. The van der Waals surface area contributed by atoms with Gasteiger partial charge in [-0.2, -0.15) is 5.10 Å². The van der Waals surface area contributed by atoms with Gasteiger partial charge in [0.25, 0.3) is 5.91 Å². The molecule has 37 heavy (non-hydrogen) atoms. The lowest BCUT2D eigenvalue weighted by atomic mass is 9.86. The van der Waals surface area contributed by atoms with E-state index in [9.17, 15) is 14.7 Å². The van der Waals surface area contributed by atoms with Gasteiger partial charge in [-0.15, -0.1) is 0 Å². The van der Waals surface area contributed by atoms with Crippen molar-refractivity contribution in [1.82, 2.24) is 20.0 Å². The van der Waals surface area contributed by atoms with Crippen molar-refractivity contribution in [3.8, 4) is 28.4 Å². The van der Waals surface area contributed by atoms with Crippen LogP contribution in [-0.2, 0) is 12.8 Å². The second-order valence-corrected chi connectivity index (χ2v) is 9.38. The molecular weight excluding hydrogens is 472 g/mol. The lowest BCUT2D eigenvalue weighted by molar-refractivity contribution is 0.0689. The molecule has 2 aromatic carbocycles. The van der Waals surface area contributed by atoms with Crippen molar-refractivity contribution >= 4 is 11.9 Å². The molecule has 1 aromatic heterocycles. The quantitative estimate of drug-likeness (QED) is 0.403. The van der Waals surface area contributed by atoms with Crippen LogP contribution in [0.4, 0.5) is 0 Å². The van der Waals surface area contributed by atoms with Crippen LogP contribution in [-0.4, -0.2) is 73.1 Å². The topological polar surface area (TPSA) is 106 Å². The van der Waals surface area contributed by atoms with Crippen molar-refractivity contribution in [2.75, 3.05) is 41.4 Å². The van der Waals surface area contributed by atoms with Crippen LogP contribution in [0, 0.1) is 0 Å². The molecule has 9 nitrogen and oxygen atoms in total. The number of carboxylic acids is 1.